The van der Waals surface area contributed by atoms with Crippen molar-refractivity contribution in [1.82, 2.24) is 0 Å². The van der Waals surface area contributed by atoms with Gasteiger partial charge in [0.15, 0.2) is 0 Å². The predicted molar refractivity (Wildman–Crippen MR) is 108 cm³/mol. The summed E-state index contributed by atoms with van der Waals surface area (Å²) in [5, 5.41) is 2.99. The van der Waals surface area contributed by atoms with E-state index in [1.165, 1.54) is 74.8 Å². The number of aryl methyl sites for hydroxylation is 2. The molecule has 0 unspecified atom stereocenters. The predicted octanol–water partition coefficient (Wildman–Crippen LogP) is 7.49. The molecule has 0 bridgehead atoms. The molecule has 2 heteroatoms. The van der Waals surface area contributed by atoms with Crippen molar-refractivity contribution >= 4 is 33.4 Å². The molecule has 0 amide bonds. The van der Waals surface area contributed by atoms with Gasteiger partial charge in [-0.3, -0.25) is 0 Å². The van der Waals surface area contributed by atoms with E-state index in [4.69, 9.17) is 0 Å². The fraction of sp³-hybridized carbons (Fsp3) is 0.182. The van der Waals surface area contributed by atoms with Gasteiger partial charge in [0.1, 0.15) is 0 Å². The van der Waals surface area contributed by atoms with Crippen LogP contribution < -0.4 is 0 Å². The zero-order valence-electron chi connectivity index (χ0n) is 14.1. The van der Waals surface area contributed by atoms with Crippen molar-refractivity contribution in [1.29, 1.82) is 0 Å². The number of fused-ring (bicyclic) bond motifs is 6. The number of hydrogen-bond acceptors (Lipinski definition) is 2. The molecular formula is C22H16S2. The van der Waals surface area contributed by atoms with E-state index in [1.807, 2.05) is 22.7 Å². The van der Waals surface area contributed by atoms with Crippen LogP contribution in [0.4, 0.5) is 0 Å². The molecule has 0 fully saturated rings. The van der Waals surface area contributed by atoms with Crippen molar-refractivity contribution in [3.8, 4) is 43.1 Å². The summed E-state index contributed by atoms with van der Waals surface area (Å²) in [6, 6.07) is 9.48. The molecule has 2 heterocycles. The Balaban J connectivity index is 1.83. The third-order valence-electron chi connectivity index (χ3n) is 5.96. The molecule has 6 rings (SSSR count). The highest BCUT2D eigenvalue weighted by atomic mass is 32.1. The van der Waals surface area contributed by atoms with Crippen molar-refractivity contribution < 1.29 is 0 Å². The van der Waals surface area contributed by atoms with Crippen LogP contribution in [-0.4, -0.2) is 0 Å². The number of rotatable bonds is 0. The first-order valence-electron chi connectivity index (χ1n) is 8.39. The first-order valence-corrected chi connectivity index (χ1v) is 10.0. The second kappa shape index (κ2) is 4.01. The molecule has 2 aliphatic carbocycles. The molecule has 0 nitrogen and oxygen atoms in total. The number of benzene rings is 2. The lowest BCUT2D eigenvalue weighted by Crippen LogP contribution is -1.82. The second-order valence-corrected chi connectivity index (χ2v) is 9.50. The largest absolute Gasteiger partial charge is 0.140 e. The zero-order valence-corrected chi connectivity index (χ0v) is 15.8. The van der Waals surface area contributed by atoms with Crippen LogP contribution in [0.1, 0.15) is 20.9 Å². The molecule has 4 aromatic rings. The lowest BCUT2D eigenvalue weighted by Gasteiger charge is -2.08. The van der Waals surface area contributed by atoms with Crippen LogP contribution in [0.25, 0.3) is 53.9 Å². The molecule has 116 valence electrons. The van der Waals surface area contributed by atoms with Crippen LogP contribution in [0, 0.1) is 27.7 Å². The second-order valence-electron chi connectivity index (χ2n) is 7.05. The van der Waals surface area contributed by atoms with E-state index in [0.717, 1.165) is 0 Å². The monoisotopic (exact) mass is 344 g/mol. The smallest absolute Gasteiger partial charge is 0.0433 e. The Hall–Kier alpha value is -1.90. The molecule has 2 aliphatic rings. The fourth-order valence-electron chi connectivity index (χ4n) is 4.57. The average Bonchev–Trinajstić information content (AvgIpc) is 3.23. The van der Waals surface area contributed by atoms with Gasteiger partial charge in [0, 0.05) is 41.8 Å². The summed E-state index contributed by atoms with van der Waals surface area (Å²) in [6.07, 6.45) is 0. The minimum atomic E-state index is 1.45. The summed E-state index contributed by atoms with van der Waals surface area (Å²) < 4.78 is 0. The molecule has 0 N–H and O–H groups in total. The highest BCUT2D eigenvalue weighted by Crippen LogP contribution is 2.60. The summed E-state index contributed by atoms with van der Waals surface area (Å²) in [5.41, 5.74) is 11.7. The van der Waals surface area contributed by atoms with Crippen LogP contribution in [0.5, 0.6) is 0 Å². The van der Waals surface area contributed by atoms with Gasteiger partial charge in [0.2, 0.25) is 0 Å². The first kappa shape index (κ1) is 13.4. The van der Waals surface area contributed by atoms with Crippen molar-refractivity contribution in [3.05, 3.63) is 45.1 Å². The van der Waals surface area contributed by atoms with E-state index in [2.05, 4.69) is 52.0 Å². The third-order valence-corrected chi connectivity index (χ3v) is 8.44. The minimum absolute atomic E-state index is 1.45. The highest BCUT2D eigenvalue weighted by molar-refractivity contribution is 7.17. The molecule has 0 saturated carbocycles. The molecule has 0 radical (unpaired) electrons. The zero-order chi connectivity index (χ0) is 16.3. The van der Waals surface area contributed by atoms with Crippen LogP contribution in [0.3, 0.4) is 0 Å². The summed E-state index contributed by atoms with van der Waals surface area (Å²) in [4.78, 5) is 5.86. The van der Waals surface area contributed by atoms with E-state index in [0.29, 0.717) is 0 Å². The minimum Gasteiger partial charge on any atom is -0.140 e. The van der Waals surface area contributed by atoms with Gasteiger partial charge >= 0.3 is 0 Å². The SMILES string of the molecule is Cc1sc2c(c1C)-c1ccc3c4c(ccc-2c14)-c1c-3sc(C)c1C. The molecule has 0 spiro atoms. The van der Waals surface area contributed by atoms with Gasteiger partial charge in [-0.05, 0) is 60.7 Å². The van der Waals surface area contributed by atoms with E-state index >= 15 is 0 Å². The van der Waals surface area contributed by atoms with Crippen molar-refractivity contribution in [2.45, 2.75) is 27.7 Å². The van der Waals surface area contributed by atoms with E-state index in [9.17, 15) is 0 Å². The van der Waals surface area contributed by atoms with Crippen LogP contribution >= 0.6 is 22.7 Å². The Labute approximate surface area is 149 Å². The Bertz CT molecular complexity index is 1130. The highest BCUT2D eigenvalue weighted by Gasteiger charge is 2.33. The van der Waals surface area contributed by atoms with Gasteiger partial charge in [-0.15, -0.1) is 22.7 Å². The molecule has 0 saturated heterocycles. The first-order chi connectivity index (χ1) is 11.6. The Morgan fingerprint density at radius 3 is 1.33 bits per heavy atom. The van der Waals surface area contributed by atoms with Crippen LogP contribution in [0.15, 0.2) is 24.3 Å². The molecule has 2 aromatic heterocycles. The molecular weight excluding hydrogens is 328 g/mol. The van der Waals surface area contributed by atoms with E-state index < -0.39 is 0 Å². The Kier molecular flexibility index (Phi) is 2.24. The van der Waals surface area contributed by atoms with E-state index in [1.54, 1.807) is 0 Å². The van der Waals surface area contributed by atoms with Gasteiger partial charge in [0.25, 0.3) is 0 Å². The maximum Gasteiger partial charge on any atom is 0.0433 e. The Morgan fingerprint density at radius 2 is 0.917 bits per heavy atom. The lowest BCUT2D eigenvalue weighted by atomic mass is 9.96. The number of hydrogen-bond donors (Lipinski definition) is 0. The van der Waals surface area contributed by atoms with Gasteiger partial charge in [-0.1, -0.05) is 24.3 Å². The normalized spacial score (nSPS) is 13.0. The summed E-state index contributed by atoms with van der Waals surface area (Å²) in [6.45, 7) is 9.06. The van der Waals surface area contributed by atoms with Gasteiger partial charge in [0.05, 0.1) is 0 Å². The quantitative estimate of drug-likeness (QED) is 0.268. The summed E-state index contributed by atoms with van der Waals surface area (Å²) >= 11 is 3.92. The van der Waals surface area contributed by atoms with Crippen LogP contribution in [-0.2, 0) is 0 Å². The number of thiophene rings is 2. The van der Waals surface area contributed by atoms with Gasteiger partial charge in [-0.2, -0.15) is 0 Å². The molecule has 24 heavy (non-hydrogen) atoms. The van der Waals surface area contributed by atoms with Gasteiger partial charge in [-0.25, -0.2) is 0 Å². The van der Waals surface area contributed by atoms with E-state index in [-0.39, 0.29) is 0 Å². The van der Waals surface area contributed by atoms with Crippen LogP contribution in [0.2, 0.25) is 0 Å². The topological polar surface area (TPSA) is 0 Å². The fourth-order valence-corrected chi connectivity index (χ4v) is 6.99. The molecule has 0 aliphatic heterocycles. The lowest BCUT2D eigenvalue weighted by molar-refractivity contribution is 1.45. The summed E-state index contributed by atoms with van der Waals surface area (Å²) in [7, 11) is 0. The van der Waals surface area contributed by atoms with Gasteiger partial charge < -0.3 is 0 Å². The maximum atomic E-state index is 2.37. The van der Waals surface area contributed by atoms with Crippen molar-refractivity contribution in [3.63, 3.8) is 0 Å². The van der Waals surface area contributed by atoms with Crippen molar-refractivity contribution in [2.24, 2.45) is 0 Å². The third kappa shape index (κ3) is 1.27. The molecule has 0 atom stereocenters. The van der Waals surface area contributed by atoms with Crippen molar-refractivity contribution in [2.75, 3.05) is 0 Å². The molecule has 2 aromatic carbocycles. The standard InChI is InChI=1S/C22H16S2/c1-9-11(3)23-21-15-8-6-14-18-10(2)12(4)24-22(18)16-7-5-13(17(9)21)19(15)20(14)16/h5-8H,1-4H3. The maximum absolute atomic E-state index is 2.37. The Morgan fingerprint density at radius 1 is 0.542 bits per heavy atom. The average molecular weight is 345 g/mol. The summed E-state index contributed by atoms with van der Waals surface area (Å²) in [5.74, 6) is 0.